The minimum Gasteiger partial charge on any atom is -0.465 e. The Bertz CT molecular complexity index is 1790. The molecule has 3 heterocycles. The molecule has 11 heteroatoms. The Balaban J connectivity index is 1.59. The summed E-state index contributed by atoms with van der Waals surface area (Å²) in [7, 11) is 1.60. The average Bonchev–Trinajstić information content (AvgIpc) is 3.67. The quantitative estimate of drug-likeness (QED) is 0.157. The molecule has 5 aromatic rings. The highest BCUT2D eigenvalue weighted by atomic mass is 35.5. The number of carbonyl (C=O) groups excluding carboxylic acids is 3. The number of aryl methyl sites for hydroxylation is 2. The molecule has 0 unspecified atom stereocenters. The molecule has 9 nitrogen and oxygen atoms in total. The van der Waals surface area contributed by atoms with Crippen molar-refractivity contribution in [3.05, 3.63) is 93.2 Å². The molecule has 0 bridgehead atoms. The van der Waals surface area contributed by atoms with Crippen LogP contribution in [0.3, 0.4) is 0 Å². The van der Waals surface area contributed by atoms with E-state index in [-0.39, 0.29) is 24.9 Å². The van der Waals surface area contributed by atoms with Crippen LogP contribution in [0, 0.1) is 6.92 Å². The highest BCUT2D eigenvalue weighted by Gasteiger charge is 2.29. The number of ether oxygens (including phenoxy) is 1. The Labute approximate surface area is 245 Å². The Morgan fingerprint density at radius 3 is 2.46 bits per heavy atom. The molecule has 0 atom stereocenters. The van der Waals surface area contributed by atoms with Crippen LogP contribution in [-0.2, 0) is 22.5 Å². The largest absolute Gasteiger partial charge is 0.465 e. The number of ketones is 1. The van der Waals surface area contributed by atoms with Crippen molar-refractivity contribution in [1.29, 1.82) is 0 Å². The summed E-state index contributed by atoms with van der Waals surface area (Å²) in [4.78, 5) is 42.5. The van der Waals surface area contributed by atoms with Gasteiger partial charge in [0.05, 0.1) is 17.2 Å². The van der Waals surface area contributed by atoms with Crippen molar-refractivity contribution in [1.82, 2.24) is 19.3 Å². The van der Waals surface area contributed by atoms with E-state index in [9.17, 15) is 14.4 Å². The summed E-state index contributed by atoms with van der Waals surface area (Å²) in [6.07, 6.45) is 0.715. The highest BCUT2D eigenvalue weighted by molar-refractivity contribution is 7.15. The van der Waals surface area contributed by atoms with E-state index in [1.165, 1.54) is 16.2 Å². The van der Waals surface area contributed by atoms with Gasteiger partial charge in [-0.15, -0.1) is 21.5 Å². The highest BCUT2D eigenvalue weighted by Crippen LogP contribution is 2.34. The van der Waals surface area contributed by atoms with E-state index >= 15 is 0 Å². The van der Waals surface area contributed by atoms with Gasteiger partial charge < -0.3 is 9.30 Å². The van der Waals surface area contributed by atoms with E-state index in [0.717, 1.165) is 15.8 Å². The number of esters is 1. The molecule has 0 radical (unpaired) electrons. The normalized spacial score (nSPS) is 11.1. The van der Waals surface area contributed by atoms with Gasteiger partial charge in [-0.1, -0.05) is 48.9 Å². The van der Waals surface area contributed by atoms with E-state index in [0.29, 0.717) is 39.1 Å². The number of anilines is 1. The Morgan fingerprint density at radius 2 is 1.73 bits per heavy atom. The number of aromatic nitrogens is 4. The first kappa shape index (κ1) is 28.3. The SMILES string of the molecule is CCOC(=O)Cn1c(C(=O)N(C)c2nnc(C)n2-c2sc(CC)cc2C(=O)c2ccccc2Cl)cc2ccccc21. The monoisotopic (exact) mass is 589 g/mol. The summed E-state index contributed by atoms with van der Waals surface area (Å²) >= 11 is 7.81. The van der Waals surface area contributed by atoms with Gasteiger partial charge in [0.1, 0.15) is 23.1 Å². The zero-order valence-corrected chi connectivity index (χ0v) is 24.6. The Morgan fingerprint density at radius 1 is 1.00 bits per heavy atom. The van der Waals surface area contributed by atoms with Crippen molar-refractivity contribution >= 4 is 57.4 Å². The maximum absolute atomic E-state index is 14.0. The molecule has 0 fully saturated rings. The predicted octanol–water partition coefficient (Wildman–Crippen LogP) is 5.88. The third-order valence-corrected chi connectivity index (χ3v) is 8.31. The molecule has 5 rings (SSSR count). The van der Waals surface area contributed by atoms with Gasteiger partial charge in [0, 0.05) is 28.4 Å². The number of halogens is 1. The lowest BCUT2D eigenvalue weighted by atomic mass is 10.0. The van der Waals surface area contributed by atoms with E-state index in [4.69, 9.17) is 16.3 Å². The van der Waals surface area contributed by atoms with Crippen molar-refractivity contribution in [3.8, 4) is 5.00 Å². The van der Waals surface area contributed by atoms with Gasteiger partial charge >= 0.3 is 5.97 Å². The number of fused-ring (bicyclic) bond motifs is 1. The second kappa shape index (κ2) is 11.7. The average molecular weight is 590 g/mol. The zero-order valence-electron chi connectivity index (χ0n) is 23.1. The first-order chi connectivity index (χ1) is 19.7. The van der Waals surface area contributed by atoms with Crippen LogP contribution in [0.25, 0.3) is 15.9 Å². The maximum atomic E-state index is 14.0. The fourth-order valence-corrected chi connectivity index (χ4v) is 6.04. The number of carbonyl (C=O) groups is 3. The lowest BCUT2D eigenvalue weighted by Crippen LogP contribution is -2.31. The molecule has 41 heavy (non-hydrogen) atoms. The van der Waals surface area contributed by atoms with Crippen LogP contribution in [0.4, 0.5) is 5.95 Å². The van der Waals surface area contributed by atoms with Gasteiger partial charge in [-0.25, -0.2) is 0 Å². The molecule has 0 N–H and O–H groups in total. The molecule has 1 amide bonds. The van der Waals surface area contributed by atoms with E-state index in [1.807, 2.05) is 37.3 Å². The van der Waals surface area contributed by atoms with Crippen LogP contribution in [0.2, 0.25) is 5.02 Å². The second-order valence-corrected chi connectivity index (χ2v) is 10.8. The van der Waals surface area contributed by atoms with Gasteiger partial charge in [0.2, 0.25) is 5.95 Å². The van der Waals surface area contributed by atoms with E-state index in [1.54, 1.807) is 60.4 Å². The smallest absolute Gasteiger partial charge is 0.325 e. The molecule has 0 aliphatic carbocycles. The molecule has 0 saturated carbocycles. The van der Waals surface area contributed by atoms with Gasteiger partial charge in [-0.3, -0.25) is 23.9 Å². The van der Waals surface area contributed by atoms with E-state index < -0.39 is 11.9 Å². The summed E-state index contributed by atoms with van der Waals surface area (Å²) in [5.41, 5.74) is 1.85. The van der Waals surface area contributed by atoms with Crippen LogP contribution < -0.4 is 4.90 Å². The van der Waals surface area contributed by atoms with Gasteiger partial charge in [-0.2, -0.15) is 0 Å². The first-order valence-corrected chi connectivity index (χ1v) is 14.3. The standard InChI is InChI=1S/C30H28ClN5O4S/c1-5-20-16-22(27(38)21-12-8-9-13-23(21)31)29(41-20)36-18(3)32-33-30(36)34(4)28(39)25-15-19-11-7-10-14-24(19)35(25)17-26(37)40-6-2/h7-16H,5-6,17H2,1-4H3. The van der Waals surface area contributed by atoms with Gasteiger partial charge in [0.25, 0.3) is 5.91 Å². The van der Waals surface area contributed by atoms with Crippen molar-refractivity contribution in [3.63, 3.8) is 0 Å². The molecule has 3 aromatic heterocycles. The molecule has 0 spiro atoms. The third-order valence-electron chi connectivity index (χ3n) is 6.71. The van der Waals surface area contributed by atoms with E-state index in [2.05, 4.69) is 10.2 Å². The summed E-state index contributed by atoms with van der Waals surface area (Å²) in [5.74, 6) is -0.338. The van der Waals surface area contributed by atoms with Gasteiger partial charge in [-0.05, 0) is 50.6 Å². The first-order valence-electron chi connectivity index (χ1n) is 13.1. The molecule has 0 aliphatic heterocycles. The molecule has 0 saturated heterocycles. The number of rotatable bonds is 9. The number of hydrogen-bond donors (Lipinski definition) is 0. The Hall–Kier alpha value is -4.28. The summed E-state index contributed by atoms with van der Waals surface area (Å²) < 4.78 is 8.52. The van der Waals surface area contributed by atoms with Crippen LogP contribution >= 0.6 is 22.9 Å². The fraction of sp³-hybridized carbons (Fsp3) is 0.233. The minimum atomic E-state index is -0.446. The van der Waals surface area contributed by atoms with Crippen LogP contribution in [0.5, 0.6) is 0 Å². The number of nitrogens with zero attached hydrogens (tertiary/aromatic N) is 5. The van der Waals surface area contributed by atoms with Crippen LogP contribution in [0.1, 0.15) is 51.0 Å². The number of amides is 1. The summed E-state index contributed by atoms with van der Waals surface area (Å²) in [6, 6.07) is 18.0. The zero-order chi connectivity index (χ0) is 29.3. The predicted molar refractivity (Wildman–Crippen MR) is 160 cm³/mol. The van der Waals surface area contributed by atoms with Crippen molar-refractivity contribution < 1.29 is 19.1 Å². The van der Waals surface area contributed by atoms with Crippen LogP contribution in [-0.4, -0.2) is 50.6 Å². The lowest BCUT2D eigenvalue weighted by Gasteiger charge is -2.19. The minimum absolute atomic E-state index is 0.122. The summed E-state index contributed by atoms with van der Waals surface area (Å²) in [6.45, 7) is 5.63. The summed E-state index contributed by atoms with van der Waals surface area (Å²) in [5, 5.41) is 10.3. The molecule has 210 valence electrons. The molecular weight excluding hydrogens is 562 g/mol. The number of thiophene rings is 1. The van der Waals surface area contributed by atoms with Crippen molar-refractivity contribution in [2.45, 2.75) is 33.7 Å². The molecule has 0 aliphatic rings. The van der Waals surface area contributed by atoms with Crippen LogP contribution in [0.15, 0.2) is 60.7 Å². The molecular formula is C30H28ClN5O4S. The third kappa shape index (κ3) is 5.28. The topological polar surface area (TPSA) is 99.3 Å². The number of hydrogen-bond acceptors (Lipinski definition) is 7. The van der Waals surface area contributed by atoms with Crippen molar-refractivity contribution in [2.75, 3.05) is 18.6 Å². The number of benzene rings is 2. The maximum Gasteiger partial charge on any atom is 0.325 e. The fourth-order valence-electron chi connectivity index (χ4n) is 4.69. The van der Waals surface area contributed by atoms with Gasteiger partial charge in [0.15, 0.2) is 5.78 Å². The van der Waals surface area contributed by atoms with Crippen molar-refractivity contribution in [2.24, 2.45) is 0 Å². The number of para-hydroxylation sites is 1. The Kier molecular flexibility index (Phi) is 8.05. The second-order valence-electron chi connectivity index (χ2n) is 9.32. The molecule has 2 aromatic carbocycles. The lowest BCUT2D eigenvalue weighted by molar-refractivity contribution is -0.143.